The fourth-order valence-corrected chi connectivity index (χ4v) is 4.19. The molecule has 3 rings (SSSR count). The van der Waals surface area contributed by atoms with Crippen molar-refractivity contribution in [2.45, 2.75) is 82.6 Å². The molecular weight excluding hydrogens is 362 g/mol. The van der Waals surface area contributed by atoms with Crippen LogP contribution in [-0.2, 0) is 11.2 Å². The highest BCUT2D eigenvalue weighted by atomic mass is 16.5. The zero-order chi connectivity index (χ0) is 20.5. The minimum absolute atomic E-state index is 0.0582. The molecule has 0 heterocycles. The average Bonchev–Trinajstić information content (AvgIpc) is 3.32. The van der Waals surface area contributed by atoms with E-state index in [2.05, 4.69) is 5.32 Å². The number of ether oxygens (including phenoxy) is 1. The number of benzene rings is 1. The van der Waals surface area contributed by atoms with E-state index < -0.39 is 5.54 Å². The Bertz CT molecular complexity index is 661. The van der Waals surface area contributed by atoms with Gasteiger partial charge in [0.25, 0.3) is 5.91 Å². The largest absolute Gasteiger partial charge is 0.386 e. The maximum absolute atomic E-state index is 12.3. The van der Waals surface area contributed by atoms with E-state index in [-0.39, 0.29) is 11.7 Å². The molecule has 0 atom stereocenters. The monoisotopic (exact) mass is 399 g/mol. The molecule has 0 spiro atoms. The second kappa shape index (κ2) is 10.8. The topological polar surface area (TPSA) is 88.2 Å². The van der Waals surface area contributed by atoms with Crippen LogP contribution in [0.4, 0.5) is 0 Å². The third kappa shape index (κ3) is 6.84. The SMILES string of the molecule is N=C(N)C1(NC(=O)c2ccc(CCCCCCCOCC3CCCC3)cc2)CC1. The lowest BCUT2D eigenvalue weighted by molar-refractivity contribution is 0.0943. The van der Waals surface area contributed by atoms with Crippen molar-refractivity contribution in [2.75, 3.05) is 13.2 Å². The number of nitrogens with two attached hydrogens (primary N) is 1. The minimum Gasteiger partial charge on any atom is -0.386 e. The Morgan fingerprint density at radius 1 is 1.07 bits per heavy atom. The summed E-state index contributed by atoms with van der Waals surface area (Å²) in [4.78, 5) is 12.3. The molecular formula is C24H37N3O2. The van der Waals surface area contributed by atoms with Crippen molar-refractivity contribution in [1.29, 1.82) is 5.41 Å². The molecule has 0 saturated heterocycles. The van der Waals surface area contributed by atoms with Gasteiger partial charge >= 0.3 is 0 Å². The highest BCUT2D eigenvalue weighted by Crippen LogP contribution is 2.35. The fourth-order valence-electron chi connectivity index (χ4n) is 4.19. The molecule has 160 valence electrons. The van der Waals surface area contributed by atoms with Crippen molar-refractivity contribution in [3.63, 3.8) is 0 Å². The van der Waals surface area contributed by atoms with Crippen LogP contribution in [0.15, 0.2) is 24.3 Å². The third-order valence-corrected chi connectivity index (χ3v) is 6.42. The van der Waals surface area contributed by atoms with Gasteiger partial charge in [0, 0.05) is 18.8 Å². The summed E-state index contributed by atoms with van der Waals surface area (Å²) >= 11 is 0. The predicted octanol–water partition coefficient (Wildman–Crippen LogP) is 4.58. The van der Waals surface area contributed by atoms with Gasteiger partial charge in [0.05, 0.1) is 5.54 Å². The first-order chi connectivity index (χ1) is 14.1. The summed E-state index contributed by atoms with van der Waals surface area (Å²) in [5.74, 6) is 0.749. The molecule has 0 radical (unpaired) electrons. The van der Waals surface area contributed by atoms with Gasteiger partial charge in [-0.3, -0.25) is 10.2 Å². The maximum Gasteiger partial charge on any atom is 0.252 e. The Morgan fingerprint density at radius 2 is 1.72 bits per heavy atom. The maximum atomic E-state index is 12.3. The highest BCUT2D eigenvalue weighted by molar-refractivity contribution is 6.01. The molecule has 0 aliphatic heterocycles. The summed E-state index contributed by atoms with van der Waals surface area (Å²) in [5.41, 5.74) is 6.91. The van der Waals surface area contributed by atoms with Crippen LogP contribution in [0.2, 0.25) is 0 Å². The lowest BCUT2D eigenvalue weighted by Crippen LogP contribution is -2.46. The lowest BCUT2D eigenvalue weighted by Gasteiger charge is -2.15. The van der Waals surface area contributed by atoms with Crippen molar-refractivity contribution in [3.05, 3.63) is 35.4 Å². The Morgan fingerprint density at radius 3 is 2.38 bits per heavy atom. The Kier molecular flexibility index (Phi) is 8.10. The van der Waals surface area contributed by atoms with E-state index in [4.69, 9.17) is 15.9 Å². The summed E-state index contributed by atoms with van der Waals surface area (Å²) in [5, 5.41) is 10.5. The van der Waals surface area contributed by atoms with E-state index >= 15 is 0 Å². The van der Waals surface area contributed by atoms with Crippen LogP contribution in [0, 0.1) is 11.3 Å². The molecule has 2 saturated carbocycles. The Hall–Kier alpha value is -1.88. The van der Waals surface area contributed by atoms with Crippen molar-refractivity contribution in [2.24, 2.45) is 11.7 Å². The number of carbonyl (C=O) groups excluding carboxylic acids is 1. The van der Waals surface area contributed by atoms with Crippen LogP contribution in [0.3, 0.4) is 0 Å². The smallest absolute Gasteiger partial charge is 0.252 e. The second-order valence-electron chi connectivity index (χ2n) is 8.89. The van der Waals surface area contributed by atoms with Gasteiger partial charge in [-0.1, -0.05) is 44.2 Å². The molecule has 2 fully saturated rings. The van der Waals surface area contributed by atoms with E-state index in [0.29, 0.717) is 5.56 Å². The zero-order valence-electron chi connectivity index (χ0n) is 17.7. The first-order valence-corrected chi connectivity index (χ1v) is 11.4. The number of hydrogen-bond acceptors (Lipinski definition) is 3. The van der Waals surface area contributed by atoms with Crippen LogP contribution in [-0.4, -0.2) is 30.5 Å². The predicted molar refractivity (Wildman–Crippen MR) is 117 cm³/mol. The lowest BCUT2D eigenvalue weighted by atomic mass is 10.0. The molecule has 2 aliphatic rings. The second-order valence-corrected chi connectivity index (χ2v) is 8.89. The van der Waals surface area contributed by atoms with Crippen LogP contribution in [0.5, 0.6) is 0 Å². The molecule has 1 aromatic rings. The van der Waals surface area contributed by atoms with Crippen molar-refractivity contribution in [1.82, 2.24) is 5.32 Å². The van der Waals surface area contributed by atoms with Gasteiger partial charge in [-0.05, 0) is 68.6 Å². The number of hydrogen-bond donors (Lipinski definition) is 3. The molecule has 4 N–H and O–H groups in total. The van der Waals surface area contributed by atoms with Crippen LogP contribution < -0.4 is 11.1 Å². The average molecular weight is 400 g/mol. The van der Waals surface area contributed by atoms with E-state index in [0.717, 1.165) is 38.4 Å². The van der Waals surface area contributed by atoms with Gasteiger partial charge in [0.15, 0.2) is 0 Å². The summed E-state index contributed by atoms with van der Waals surface area (Å²) in [7, 11) is 0. The molecule has 0 aromatic heterocycles. The molecule has 2 aliphatic carbocycles. The van der Waals surface area contributed by atoms with E-state index in [1.165, 1.54) is 63.4 Å². The number of unbranched alkanes of at least 4 members (excludes halogenated alkanes) is 4. The van der Waals surface area contributed by atoms with Crippen LogP contribution in [0.25, 0.3) is 0 Å². The van der Waals surface area contributed by atoms with Gasteiger partial charge in [-0.2, -0.15) is 0 Å². The Labute approximate surface area is 175 Å². The van der Waals surface area contributed by atoms with Gasteiger partial charge in [-0.15, -0.1) is 0 Å². The quantitative estimate of drug-likeness (QED) is 0.258. The normalized spacial score (nSPS) is 17.9. The van der Waals surface area contributed by atoms with Crippen molar-refractivity contribution >= 4 is 11.7 Å². The molecule has 1 aromatic carbocycles. The number of amides is 1. The third-order valence-electron chi connectivity index (χ3n) is 6.42. The van der Waals surface area contributed by atoms with Crippen molar-refractivity contribution < 1.29 is 9.53 Å². The first-order valence-electron chi connectivity index (χ1n) is 11.4. The molecule has 5 heteroatoms. The van der Waals surface area contributed by atoms with Crippen LogP contribution in [0.1, 0.15) is 86.6 Å². The van der Waals surface area contributed by atoms with Gasteiger partial charge in [0.1, 0.15) is 5.84 Å². The highest BCUT2D eigenvalue weighted by Gasteiger charge is 2.47. The number of nitrogens with one attached hydrogen (secondary N) is 2. The molecule has 1 amide bonds. The number of amidine groups is 1. The zero-order valence-corrected chi connectivity index (χ0v) is 17.7. The molecule has 5 nitrogen and oxygen atoms in total. The van der Waals surface area contributed by atoms with E-state index in [1.807, 2.05) is 24.3 Å². The number of aryl methyl sites for hydroxylation is 1. The van der Waals surface area contributed by atoms with Gasteiger partial charge in [-0.25, -0.2) is 0 Å². The molecule has 0 unspecified atom stereocenters. The van der Waals surface area contributed by atoms with Gasteiger partial charge < -0.3 is 15.8 Å². The summed E-state index contributed by atoms with van der Waals surface area (Å²) in [6, 6.07) is 7.84. The molecule has 29 heavy (non-hydrogen) atoms. The summed E-state index contributed by atoms with van der Waals surface area (Å²) < 4.78 is 5.82. The Balaban J connectivity index is 1.23. The molecule has 0 bridgehead atoms. The fraction of sp³-hybridized carbons (Fsp3) is 0.667. The number of rotatable bonds is 13. The van der Waals surface area contributed by atoms with Gasteiger partial charge in [0.2, 0.25) is 0 Å². The van der Waals surface area contributed by atoms with Crippen molar-refractivity contribution in [3.8, 4) is 0 Å². The van der Waals surface area contributed by atoms with E-state index in [1.54, 1.807) is 0 Å². The number of carbonyl (C=O) groups is 1. The first kappa shape index (κ1) is 21.8. The standard InChI is InChI=1S/C24H37N3O2/c25-23(26)24(15-16-24)27-22(28)21-13-11-19(12-14-21)8-4-2-1-3-7-17-29-18-20-9-5-6-10-20/h11-14,20H,1-10,15-18H2,(H3,25,26)(H,27,28). The minimum atomic E-state index is -0.586. The van der Waals surface area contributed by atoms with E-state index in [9.17, 15) is 4.79 Å². The summed E-state index contributed by atoms with van der Waals surface area (Å²) in [6.07, 6.45) is 14.2. The summed E-state index contributed by atoms with van der Waals surface area (Å²) in [6.45, 7) is 1.90. The van der Waals surface area contributed by atoms with Crippen LogP contribution >= 0.6 is 0 Å².